The molecule has 0 N–H and O–H groups in total. The molecule has 0 aliphatic carbocycles. The topological polar surface area (TPSA) is 52.6 Å². The molecule has 0 fully saturated rings. The summed E-state index contributed by atoms with van der Waals surface area (Å²) in [4.78, 5) is 23.2. The Morgan fingerprint density at radius 1 is 0.469 bits per heavy atom. The Balaban J connectivity index is 4.81. The van der Waals surface area contributed by atoms with Crippen molar-refractivity contribution in [1.29, 1.82) is 0 Å². The van der Waals surface area contributed by atoms with E-state index in [0.717, 1.165) is 60.1 Å². The van der Waals surface area contributed by atoms with Crippen LogP contribution in [0.1, 0.15) is 77.6 Å². The molecule has 0 rings (SSSR count). The molecule has 0 aromatic carbocycles. The van der Waals surface area contributed by atoms with Gasteiger partial charge < -0.3 is 9.47 Å². The Bertz CT molecular complexity index is 1020. The van der Waals surface area contributed by atoms with Crippen molar-refractivity contribution in [1.82, 2.24) is 0 Å². The minimum Gasteiger partial charge on any atom is -0.465 e. The van der Waals surface area contributed by atoms with E-state index in [1.807, 2.05) is 0 Å². The number of carbonyl (C=O) groups excluding carboxylic acids is 2. The lowest BCUT2D eigenvalue weighted by Gasteiger charge is -2.42. The first-order valence-electron chi connectivity index (χ1n) is 14.4. The van der Waals surface area contributed by atoms with Crippen molar-refractivity contribution in [2.24, 2.45) is 0 Å². The van der Waals surface area contributed by atoms with Gasteiger partial charge in [0, 0.05) is 24.3 Å². The van der Waals surface area contributed by atoms with Crippen LogP contribution in [0.3, 0.4) is 0 Å². The molecule has 0 atom stereocenters. The summed E-state index contributed by atoms with van der Waals surface area (Å²) in [5, 5.41) is 0. The first-order valence-corrected chi connectivity index (χ1v) is 16.9. The number of hydrogen-bond acceptors (Lipinski definition) is 6. The standard InChI is InChI=1S/C26H33F17O4S2/c1-2-3-4-5-6-7-8-9-10-17(44)46-13-15-48-49-16-14-47-18(45)11-12-19(27,28)20(29,30)21(31,32)22(33,34)23(35,36)24(37,38)25(39,40)26(41,42)43/h2-16H2,1H3. The number of hydrogen-bond donors (Lipinski definition) is 0. The Kier molecular flexibility index (Phi) is 18.2. The molecule has 0 saturated carbocycles. The normalized spacial score (nSPS) is 14.2. The Hall–Kier alpha value is -1.55. The number of halogens is 17. The molecule has 0 bridgehead atoms. The Morgan fingerprint density at radius 3 is 1.22 bits per heavy atom. The van der Waals surface area contributed by atoms with Crippen molar-refractivity contribution in [2.75, 3.05) is 24.7 Å². The summed E-state index contributed by atoms with van der Waals surface area (Å²) < 4.78 is 235. The summed E-state index contributed by atoms with van der Waals surface area (Å²) in [7, 11) is 2.03. The molecule has 0 aromatic heterocycles. The zero-order valence-electron chi connectivity index (χ0n) is 25.5. The summed E-state index contributed by atoms with van der Waals surface area (Å²) in [6.07, 6.45) is -4.29. The van der Waals surface area contributed by atoms with Crippen LogP contribution >= 0.6 is 21.6 Å². The first-order chi connectivity index (χ1) is 22.1. The SMILES string of the molecule is CCCCCCCCCCC(=O)OCCSSCCOC(=O)CCC(F)(F)C(F)(F)C(F)(F)C(F)(F)C(F)(F)C(F)(F)C(F)(F)C(F)(F)F. The van der Waals surface area contributed by atoms with Crippen LogP contribution in [-0.2, 0) is 19.1 Å². The second kappa shape index (κ2) is 18.8. The number of rotatable bonds is 25. The van der Waals surface area contributed by atoms with E-state index in [1.165, 1.54) is 6.42 Å². The predicted molar refractivity (Wildman–Crippen MR) is 144 cm³/mol. The van der Waals surface area contributed by atoms with Crippen molar-refractivity contribution in [2.45, 2.75) is 125 Å². The predicted octanol–water partition coefficient (Wildman–Crippen LogP) is 10.8. The maximum Gasteiger partial charge on any atom is 0.460 e. The van der Waals surface area contributed by atoms with Gasteiger partial charge in [-0.2, -0.15) is 74.6 Å². The molecule has 292 valence electrons. The molecule has 0 heterocycles. The van der Waals surface area contributed by atoms with Gasteiger partial charge in [-0.05, 0) is 6.42 Å². The number of alkyl halides is 17. The van der Waals surface area contributed by atoms with Gasteiger partial charge in [-0.1, -0.05) is 73.5 Å². The molecule has 0 aliphatic heterocycles. The van der Waals surface area contributed by atoms with Gasteiger partial charge in [-0.25, -0.2) is 0 Å². The van der Waals surface area contributed by atoms with E-state index in [-0.39, 0.29) is 24.5 Å². The van der Waals surface area contributed by atoms with E-state index in [1.54, 1.807) is 0 Å². The summed E-state index contributed by atoms with van der Waals surface area (Å²) in [5.74, 6) is -59.2. The van der Waals surface area contributed by atoms with Crippen LogP contribution in [0.2, 0.25) is 0 Å². The highest BCUT2D eigenvalue weighted by Crippen LogP contribution is 2.64. The molecule has 0 aromatic rings. The number of esters is 2. The van der Waals surface area contributed by atoms with Gasteiger partial charge in [0.25, 0.3) is 0 Å². The minimum absolute atomic E-state index is 0.00535. The van der Waals surface area contributed by atoms with E-state index >= 15 is 0 Å². The van der Waals surface area contributed by atoms with E-state index in [2.05, 4.69) is 11.7 Å². The van der Waals surface area contributed by atoms with Crippen LogP contribution in [0.25, 0.3) is 0 Å². The zero-order chi connectivity index (χ0) is 38.6. The van der Waals surface area contributed by atoms with Crippen molar-refractivity contribution < 1.29 is 93.7 Å². The van der Waals surface area contributed by atoms with Gasteiger partial charge >= 0.3 is 59.6 Å². The lowest BCUT2D eigenvalue weighted by molar-refractivity contribution is -0.461. The summed E-state index contributed by atoms with van der Waals surface area (Å²) in [6.45, 7) is 1.46. The first kappa shape index (κ1) is 47.5. The van der Waals surface area contributed by atoms with Crippen molar-refractivity contribution >= 4 is 33.5 Å². The van der Waals surface area contributed by atoms with E-state index in [9.17, 15) is 84.2 Å². The Morgan fingerprint density at radius 2 is 0.816 bits per heavy atom. The molecule has 0 aliphatic rings. The van der Waals surface area contributed by atoms with E-state index < -0.39 is 79.0 Å². The molecule has 49 heavy (non-hydrogen) atoms. The summed E-state index contributed by atoms with van der Waals surface area (Å²) >= 11 is 0. The van der Waals surface area contributed by atoms with E-state index in [4.69, 9.17) is 4.74 Å². The monoisotopic (exact) mass is 796 g/mol. The van der Waals surface area contributed by atoms with Crippen LogP contribution in [0.5, 0.6) is 0 Å². The van der Waals surface area contributed by atoms with Crippen molar-refractivity contribution in [3.63, 3.8) is 0 Å². The fraction of sp³-hybridized carbons (Fsp3) is 0.923. The Labute approximate surface area is 277 Å². The lowest BCUT2D eigenvalue weighted by atomic mass is 9.88. The second-order valence-corrected chi connectivity index (χ2v) is 13.2. The maximum absolute atomic E-state index is 13.9. The largest absolute Gasteiger partial charge is 0.465 e. The van der Waals surface area contributed by atoms with Crippen LogP contribution in [-0.4, -0.2) is 84.3 Å². The molecule has 23 heteroatoms. The number of carbonyl (C=O) groups is 2. The average molecular weight is 797 g/mol. The average Bonchev–Trinajstić information content (AvgIpc) is 2.97. The highest BCUT2D eigenvalue weighted by Gasteiger charge is 2.95. The van der Waals surface area contributed by atoms with Crippen LogP contribution < -0.4 is 0 Å². The van der Waals surface area contributed by atoms with Crippen LogP contribution in [0.15, 0.2) is 0 Å². The molecule has 0 radical (unpaired) electrons. The van der Waals surface area contributed by atoms with Crippen LogP contribution in [0, 0.1) is 0 Å². The third kappa shape index (κ3) is 11.7. The third-order valence-corrected chi connectivity index (χ3v) is 8.94. The van der Waals surface area contributed by atoms with Gasteiger partial charge in [0.15, 0.2) is 0 Å². The molecule has 0 unspecified atom stereocenters. The highest BCUT2D eigenvalue weighted by molar-refractivity contribution is 8.76. The molecule has 0 spiro atoms. The second-order valence-electron chi connectivity index (χ2n) is 10.5. The molecule has 0 saturated heterocycles. The van der Waals surface area contributed by atoms with E-state index in [0.29, 0.717) is 6.42 Å². The maximum atomic E-state index is 13.9. The van der Waals surface area contributed by atoms with Crippen LogP contribution in [0.4, 0.5) is 74.6 Å². The number of ether oxygens (including phenoxy) is 2. The summed E-state index contributed by atoms with van der Waals surface area (Å²) in [6, 6.07) is 0. The lowest BCUT2D eigenvalue weighted by Crippen LogP contribution is -2.74. The molecule has 0 amide bonds. The molecular weight excluding hydrogens is 763 g/mol. The molecular formula is C26H33F17O4S2. The third-order valence-electron chi connectivity index (χ3n) is 6.61. The van der Waals surface area contributed by atoms with Gasteiger partial charge in [0.1, 0.15) is 13.2 Å². The fourth-order valence-corrected chi connectivity index (χ4v) is 5.31. The van der Waals surface area contributed by atoms with Gasteiger partial charge in [-0.3, -0.25) is 9.59 Å². The molecule has 4 nitrogen and oxygen atoms in total. The zero-order valence-corrected chi connectivity index (χ0v) is 27.1. The van der Waals surface area contributed by atoms with Gasteiger partial charge in [0.05, 0.1) is 6.42 Å². The van der Waals surface area contributed by atoms with Crippen molar-refractivity contribution in [3.8, 4) is 0 Å². The quantitative estimate of drug-likeness (QED) is 0.0397. The van der Waals surface area contributed by atoms with Gasteiger partial charge in [0.2, 0.25) is 0 Å². The van der Waals surface area contributed by atoms with Gasteiger partial charge in [-0.15, -0.1) is 0 Å². The number of unbranched alkanes of at least 4 members (excludes halogenated alkanes) is 7. The fourth-order valence-electron chi connectivity index (χ4n) is 3.66. The summed E-state index contributed by atoms with van der Waals surface area (Å²) in [5.41, 5.74) is 0. The minimum atomic E-state index is -8.70. The highest BCUT2D eigenvalue weighted by atomic mass is 33.1. The van der Waals surface area contributed by atoms with Crippen molar-refractivity contribution in [3.05, 3.63) is 0 Å². The smallest absolute Gasteiger partial charge is 0.460 e.